The van der Waals surface area contributed by atoms with Gasteiger partial charge >= 0.3 is 0 Å². The summed E-state index contributed by atoms with van der Waals surface area (Å²) in [4.78, 5) is 16.6. The third kappa shape index (κ3) is 2.81. The number of hydrogen-bond donors (Lipinski definition) is 1. The maximum absolute atomic E-state index is 12.0. The summed E-state index contributed by atoms with van der Waals surface area (Å²) < 4.78 is 12.3. The van der Waals surface area contributed by atoms with Crippen molar-refractivity contribution in [2.24, 2.45) is 0 Å². The number of pyridine rings is 1. The molecule has 120 valence electrons. The number of carbonyl (C=O) groups excluding carboxylic acids is 1. The zero-order chi connectivity index (χ0) is 16.4. The quantitative estimate of drug-likeness (QED) is 0.805. The lowest BCUT2D eigenvalue weighted by atomic mass is 10.1. The van der Waals surface area contributed by atoms with E-state index >= 15 is 0 Å². The molecule has 6 heteroatoms. The Kier molecular flexibility index (Phi) is 3.63. The van der Waals surface area contributed by atoms with Gasteiger partial charge in [0.25, 0.3) is 5.91 Å². The minimum Gasteiger partial charge on any atom is -0.494 e. The van der Waals surface area contributed by atoms with Gasteiger partial charge < -0.3 is 19.2 Å². The van der Waals surface area contributed by atoms with E-state index in [0.717, 1.165) is 16.9 Å². The zero-order valence-electron chi connectivity index (χ0n) is 12.8. The van der Waals surface area contributed by atoms with Crippen molar-refractivity contribution >= 4 is 17.2 Å². The predicted molar refractivity (Wildman–Crippen MR) is 89.2 cm³/mol. The highest BCUT2D eigenvalue weighted by atomic mass is 16.6. The Labute approximate surface area is 138 Å². The number of anilines is 1. The molecule has 3 heterocycles. The highest BCUT2D eigenvalue weighted by Crippen LogP contribution is 2.21. The number of imidazole rings is 1. The third-order valence-corrected chi connectivity index (χ3v) is 3.68. The fraction of sp³-hybridized carbons (Fsp3) is 0.111. The Balaban J connectivity index is 1.52. The molecule has 1 N–H and O–H groups in total. The molecule has 6 nitrogen and oxygen atoms in total. The molecule has 0 atom stereocenters. The Morgan fingerprint density at radius 3 is 2.75 bits per heavy atom. The molecule has 1 aliphatic rings. The van der Waals surface area contributed by atoms with E-state index < -0.39 is 0 Å². The summed E-state index contributed by atoms with van der Waals surface area (Å²) in [6.07, 6.45) is 5.27. The highest BCUT2D eigenvalue weighted by Gasteiger charge is 2.15. The van der Waals surface area contributed by atoms with E-state index in [0.29, 0.717) is 18.9 Å². The van der Waals surface area contributed by atoms with E-state index in [2.05, 4.69) is 10.3 Å². The van der Waals surface area contributed by atoms with Gasteiger partial charge in [0.2, 0.25) is 5.76 Å². The van der Waals surface area contributed by atoms with Gasteiger partial charge in [-0.05, 0) is 24.3 Å². The first-order chi connectivity index (χ1) is 11.8. The summed E-state index contributed by atoms with van der Waals surface area (Å²) in [7, 11) is 0. The molecule has 0 fully saturated rings. The summed E-state index contributed by atoms with van der Waals surface area (Å²) in [5.74, 6) is -0.138. The standard InChI is InChI=1S/C18H15N3O3/c22-18(16-12-23-9-10-24-16)19-14-6-4-13(5-7-14)15-11-21-8-2-1-3-17(21)20-15/h1-8,11-12H,9-10H2,(H,19,22). The number of aromatic nitrogens is 2. The first-order valence-corrected chi connectivity index (χ1v) is 7.60. The van der Waals surface area contributed by atoms with Crippen LogP contribution in [0.25, 0.3) is 16.9 Å². The number of rotatable bonds is 3. The van der Waals surface area contributed by atoms with Crippen LogP contribution in [0.1, 0.15) is 0 Å². The average Bonchev–Trinajstić information content (AvgIpc) is 3.07. The average molecular weight is 321 g/mol. The minimum atomic E-state index is -0.324. The van der Waals surface area contributed by atoms with Crippen LogP contribution in [0, 0.1) is 0 Å². The molecule has 0 saturated heterocycles. The molecule has 0 bridgehead atoms. The van der Waals surface area contributed by atoms with Gasteiger partial charge in [-0.1, -0.05) is 18.2 Å². The molecule has 1 aromatic carbocycles. The summed E-state index contributed by atoms with van der Waals surface area (Å²) in [6, 6.07) is 13.4. The first-order valence-electron chi connectivity index (χ1n) is 7.60. The lowest BCUT2D eigenvalue weighted by molar-refractivity contribution is -0.117. The Morgan fingerprint density at radius 2 is 2.00 bits per heavy atom. The molecule has 0 saturated carbocycles. The molecular weight excluding hydrogens is 306 g/mol. The molecule has 4 rings (SSSR count). The predicted octanol–water partition coefficient (Wildman–Crippen LogP) is 2.83. The second kappa shape index (κ2) is 6.08. The summed E-state index contributed by atoms with van der Waals surface area (Å²) in [5, 5.41) is 2.78. The Bertz CT molecular complexity index is 880. The van der Waals surface area contributed by atoms with Gasteiger partial charge in [0.15, 0.2) is 0 Å². The maximum atomic E-state index is 12.0. The van der Waals surface area contributed by atoms with Gasteiger partial charge in [0, 0.05) is 23.6 Å². The smallest absolute Gasteiger partial charge is 0.294 e. The first kappa shape index (κ1) is 14.3. The molecule has 0 aliphatic carbocycles. The second-order valence-electron chi connectivity index (χ2n) is 5.33. The summed E-state index contributed by atoms with van der Waals surface area (Å²) >= 11 is 0. The van der Waals surface area contributed by atoms with Crippen LogP contribution in [0.5, 0.6) is 0 Å². The van der Waals surface area contributed by atoms with Crippen molar-refractivity contribution in [1.29, 1.82) is 0 Å². The molecular formula is C18H15N3O3. The van der Waals surface area contributed by atoms with Gasteiger partial charge in [0.05, 0.1) is 5.69 Å². The van der Waals surface area contributed by atoms with Crippen molar-refractivity contribution in [3.8, 4) is 11.3 Å². The molecule has 0 spiro atoms. The monoisotopic (exact) mass is 321 g/mol. The SMILES string of the molecule is O=C(Nc1ccc(-c2cn3ccccc3n2)cc1)C1=COCCO1. The van der Waals surface area contributed by atoms with Crippen molar-refractivity contribution in [2.45, 2.75) is 0 Å². The van der Waals surface area contributed by atoms with E-state index in [-0.39, 0.29) is 11.7 Å². The van der Waals surface area contributed by atoms with E-state index in [4.69, 9.17) is 9.47 Å². The van der Waals surface area contributed by atoms with Crippen LogP contribution < -0.4 is 5.32 Å². The molecule has 0 radical (unpaired) electrons. The van der Waals surface area contributed by atoms with Gasteiger partial charge in [-0.2, -0.15) is 0 Å². The lowest BCUT2D eigenvalue weighted by Gasteiger charge is -2.15. The maximum Gasteiger partial charge on any atom is 0.294 e. The van der Waals surface area contributed by atoms with Gasteiger partial charge in [-0.25, -0.2) is 4.98 Å². The van der Waals surface area contributed by atoms with Crippen LogP contribution in [-0.2, 0) is 14.3 Å². The topological polar surface area (TPSA) is 64.9 Å². The highest BCUT2D eigenvalue weighted by molar-refractivity contribution is 6.02. The van der Waals surface area contributed by atoms with Gasteiger partial charge in [-0.3, -0.25) is 4.79 Å². The van der Waals surface area contributed by atoms with Crippen LogP contribution in [0.4, 0.5) is 5.69 Å². The van der Waals surface area contributed by atoms with Crippen LogP contribution in [0.15, 0.2) is 66.9 Å². The van der Waals surface area contributed by atoms with Gasteiger partial charge in [-0.15, -0.1) is 0 Å². The van der Waals surface area contributed by atoms with E-state index in [1.807, 2.05) is 59.3 Å². The molecule has 0 unspecified atom stereocenters. The van der Waals surface area contributed by atoms with Crippen LogP contribution in [0.2, 0.25) is 0 Å². The minimum absolute atomic E-state index is 0.186. The zero-order valence-corrected chi connectivity index (χ0v) is 12.8. The number of carbonyl (C=O) groups is 1. The van der Waals surface area contributed by atoms with Crippen molar-refractivity contribution in [3.05, 3.63) is 66.9 Å². The lowest BCUT2D eigenvalue weighted by Crippen LogP contribution is -2.21. The number of nitrogens with zero attached hydrogens (tertiary/aromatic N) is 2. The summed E-state index contributed by atoms with van der Waals surface area (Å²) in [6.45, 7) is 0.844. The Morgan fingerprint density at radius 1 is 1.12 bits per heavy atom. The fourth-order valence-electron chi connectivity index (χ4n) is 2.48. The second-order valence-corrected chi connectivity index (χ2v) is 5.33. The molecule has 1 amide bonds. The van der Waals surface area contributed by atoms with Crippen LogP contribution in [-0.4, -0.2) is 28.5 Å². The largest absolute Gasteiger partial charge is 0.494 e. The van der Waals surface area contributed by atoms with E-state index in [9.17, 15) is 4.79 Å². The Hall–Kier alpha value is -3.28. The van der Waals surface area contributed by atoms with Crippen molar-refractivity contribution in [3.63, 3.8) is 0 Å². The van der Waals surface area contributed by atoms with Crippen LogP contribution in [0.3, 0.4) is 0 Å². The van der Waals surface area contributed by atoms with Gasteiger partial charge in [0.1, 0.15) is 25.1 Å². The number of benzene rings is 1. The third-order valence-electron chi connectivity index (χ3n) is 3.68. The number of ether oxygens (including phenoxy) is 2. The van der Waals surface area contributed by atoms with Crippen molar-refractivity contribution in [2.75, 3.05) is 18.5 Å². The number of nitrogens with one attached hydrogen (secondary N) is 1. The molecule has 3 aromatic rings. The summed E-state index contributed by atoms with van der Waals surface area (Å²) in [5.41, 5.74) is 3.44. The van der Waals surface area contributed by atoms with Crippen LogP contribution >= 0.6 is 0 Å². The fourth-order valence-corrected chi connectivity index (χ4v) is 2.48. The van der Waals surface area contributed by atoms with E-state index in [1.165, 1.54) is 6.26 Å². The number of fused-ring (bicyclic) bond motifs is 1. The number of amides is 1. The number of hydrogen-bond acceptors (Lipinski definition) is 4. The normalized spacial score (nSPS) is 13.8. The molecule has 2 aromatic heterocycles. The van der Waals surface area contributed by atoms with E-state index in [1.54, 1.807) is 0 Å². The van der Waals surface area contributed by atoms with Crippen molar-refractivity contribution < 1.29 is 14.3 Å². The van der Waals surface area contributed by atoms with Crippen molar-refractivity contribution in [1.82, 2.24) is 9.38 Å². The molecule has 24 heavy (non-hydrogen) atoms. The molecule has 1 aliphatic heterocycles.